The van der Waals surface area contributed by atoms with Crippen LogP contribution < -0.4 is 10.4 Å². The SMILES string of the molecule is COCC(NCC(=O)c1ccccc1)C(=O)[O-]. The molecule has 0 amide bonds. The second-order valence-electron chi connectivity index (χ2n) is 3.50. The summed E-state index contributed by atoms with van der Waals surface area (Å²) >= 11 is 0. The van der Waals surface area contributed by atoms with Gasteiger partial charge in [-0.2, -0.15) is 0 Å². The first-order valence-electron chi connectivity index (χ1n) is 5.16. The summed E-state index contributed by atoms with van der Waals surface area (Å²) in [5.41, 5.74) is 0.537. The van der Waals surface area contributed by atoms with Gasteiger partial charge in [-0.15, -0.1) is 0 Å². The Balaban J connectivity index is 2.49. The Morgan fingerprint density at radius 3 is 2.53 bits per heavy atom. The number of benzene rings is 1. The number of methoxy groups -OCH3 is 1. The number of aliphatic carboxylic acids is 1. The van der Waals surface area contributed by atoms with Gasteiger partial charge in [-0.05, 0) is 0 Å². The standard InChI is InChI=1S/C12H15NO4/c1-17-8-10(12(15)16)13-7-11(14)9-5-3-2-4-6-9/h2-6,10,13H,7-8H2,1H3,(H,15,16)/p-1. The van der Waals surface area contributed by atoms with E-state index in [-0.39, 0.29) is 18.9 Å². The maximum Gasteiger partial charge on any atom is 0.176 e. The van der Waals surface area contributed by atoms with Crippen molar-refractivity contribution in [2.75, 3.05) is 20.3 Å². The third kappa shape index (κ3) is 4.34. The molecule has 0 spiro atoms. The molecule has 5 heteroatoms. The molecule has 0 saturated carbocycles. The molecular formula is C12H14NO4-. The lowest BCUT2D eigenvalue weighted by Crippen LogP contribution is -2.49. The molecule has 1 aromatic rings. The Kier molecular flexibility index (Phi) is 5.32. The molecule has 0 saturated heterocycles. The summed E-state index contributed by atoms with van der Waals surface area (Å²) in [5, 5.41) is 13.3. The van der Waals surface area contributed by atoms with Crippen LogP contribution >= 0.6 is 0 Å². The number of hydrogen-bond donors (Lipinski definition) is 1. The average Bonchev–Trinajstić information content (AvgIpc) is 2.34. The van der Waals surface area contributed by atoms with E-state index in [0.717, 1.165) is 0 Å². The molecule has 1 aromatic carbocycles. The molecule has 0 aliphatic carbocycles. The van der Waals surface area contributed by atoms with Crippen molar-refractivity contribution >= 4 is 11.8 Å². The third-order valence-electron chi connectivity index (χ3n) is 2.22. The normalized spacial score (nSPS) is 12.1. The van der Waals surface area contributed by atoms with Crippen molar-refractivity contribution < 1.29 is 19.4 Å². The summed E-state index contributed by atoms with van der Waals surface area (Å²) in [6.07, 6.45) is 0. The maximum atomic E-state index is 11.7. The molecule has 0 aliphatic rings. The second kappa shape index (κ2) is 6.78. The zero-order chi connectivity index (χ0) is 12.7. The fourth-order valence-corrected chi connectivity index (χ4v) is 1.32. The lowest BCUT2D eigenvalue weighted by Gasteiger charge is -2.18. The van der Waals surface area contributed by atoms with E-state index in [1.54, 1.807) is 30.3 Å². The quantitative estimate of drug-likeness (QED) is 0.628. The van der Waals surface area contributed by atoms with Gasteiger partial charge < -0.3 is 14.6 Å². The number of hydrogen-bond acceptors (Lipinski definition) is 5. The molecule has 92 valence electrons. The summed E-state index contributed by atoms with van der Waals surface area (Å²) in [5.74, 6) is -1.46. The van der Waals surface area contributed by atoms with Crippen molar-refractivity contribution in [1.82, 2.24) is 5.32 Å². The van der Waals surface area contributed by atoms with E-state index in [2.05, 4.69) is 5.32 Å². The number of carbonyl (C=O) groups is 2. The molecule has 0 fully saturated rings. The number of rotatable bonds is 7. The molecule has 0 aliphatic heterocycles. The summed E-state index contributed by atoms with van der Waals surface area (Å²) < 4.78 is 4.71. The van der Waals surface area contributed by atoms with Gasteiger partial charge in [0.25, 0.3) is 0 Å². The Labute approximate surface area is 99.4 Å². The predicted molar refractivity (Wildman–Crippen MR) is 59.4 cm³/mol. The molecule has 1 unspecified atom stereocenters. The summed E-state index contributed by atoms with van der Waals surface area (Å²) in [4.78, 5) is 22.3. The van der Waals surface area contributed by atoms with Crippen LogP contribution in [0.25, 0.3) is 0 Å². The molecule has 17 heavy (non-hydrogen) atoms. The highest BCUT2D eigenvalue weighted by atomic mass is 16.5. The van der Waals surface area contributed by atoms with Gasteiger partial charge in [-0.25, -0.2) is 0 Å². The first kappa shape index (κ1) is 13.3. The van der Waals surface area contributed by atoms with Crippen molar-refractivity contribution in [3.05, 3.63) is 35.9 Å². The van der Waals surface area contributed by atoms with Crippen molar-refractivity contribution in [3.63, 3.8) is 0 Å². The van der Waals surface area contributed by atoms with Gasteiger partial charge >= 0.3 is 0 Å². The second-order valence-corrected chi connectivity index (χ2v) is 3.50. The maximum absolute atomic E-state index is 11.7. The monoisotopic (exact) mass is 236 g/mol. The van der Waals surface area contributed by atoms with Crippen LogP contribution in [-0.2, 0) is 9.53 Å². The molecule has 0 aromatic heterocycles. The molecule has 0 radical (unpaired) electrons. The van der Waals surface area contributed by atoms with Gasteiger partial charge in [0.2, 0.25) is 0 Å². The van der Waals surface area contributed by atoms with E-state index in [1.807, 2.05) is 0 Å². The molecule has 5 nitrogen and oxygen atoms in total. The lowest BCUT2D eigenvalue weighted by atomic mass is 10.1. The van der Waals surface area contributed by atoms with Crippen molar-refractivity contribution in [3.8, 4) is 0 Å². The van der Waals surface area contributed by atoms with Crippen molar-refractivity contribution in [2.45, 2.75) is 6.04 Å². The minimum atomic E-state index is -1.28. The largest absolute Gasteiger partial charge is 0.548 e. The zero-order valence-corrected chi connectivity index (χ0v) is 9.51. The third-order valence-corrected chi connectivity index (χ3v) is 2.22. The molecular weight excluding hydrogens is 222 g/mol. The minimum absolute atomic E-state index is 0.0373. The van der Waals surface area contributed by atoms with Gasteiger partial charge in [0, 0.05) is 12.7 Å². The number of Topliss-reactive ketones (excluding diaryl/α,β-unsaturated/α-hetero) is 1. The van der Waals surface area contributed by atoms with E-state index in [4.69, 9.17) is 4.74 Å². The number of carbonyl (C=O) groups excluding carboxylic acids is 2. The topological polar surface area (TPSA) is 78.5 Å². The predicted octanol–water partition coefficient (Wildman–Crippen LogP) is -0.776. The van der Waals surface area contributed by atoms with E-state index in [0.29, 0.717) is 5.56 Å². The number of carboxylic acid groups (broad SMARTS) is 1. The van der Waals surface area contributed by atoms with Crippen LogP contribution in [0.4, 0.5) is 0 Å². The van der Waals surface area contributed by atoms with Crippen LogP contribution in [0.2, 0.25) is 0 Å². The summed E-state index contributed by atoms with van der Waals surface area (Å²) in [7, 11) is 1.39. The number of ketones is 1. The fraction of sp³-hybridized carbons (Fsp3) is 0.333. The highest BCUT2D eigenvalue weighted by Crippen LogP contribution is 1.99. The van der Waals surface area contributed by atoms with Crippen LogP contribution in [0, 0.1) is 0 Å². The highest BCUT2D eigenvalue weighted by molar-refractivity contribution is 5.97. The summed E-state index contributed by atoms with van der Waals surface area (Å²) in [6, 6.07) is 7.67. The lowest BCUT2D eigenvalue weighted by molar-refractivity contribution is -0.309. The van der Waals surface area contributed by atoms with Crippen molar-refractivity contribution in [2.24, 2.45) is 0 Å². The molecule has 1 rings (SSSR count). The van der Waals surface area contributed by atoms with Crippen LogP contribution in [0.15, 0.2) is 30.3 Å². The first-order chi connectivity index (χ1) is 8.15. The van der Waals surface area contributed by atoms with E-state index < -0.39 is 12.0 Å². The van der Waals surface area contributed by atoms with Crippen molar-refractivity contribution in [1.29, 1.82) is 0 Å². The Morgan fingerprint density at radius 1 is 1.35 bits per heavy atom. The Bertz CT molecular complexity index is 377. The van der Waals surface area contributed by atoms with Gasteiger partial charge in [0.15, 0.2) is 5.78 Å². The highest BCUT2D eigenvalue weighted by Gasteiger charge is 2.11. The van der Waals surface area contributed by atoms with E-state index in [9.17, 15) is 14.7 Å². The number of ether oxygens (including phenoxy) is 1. The van der Waals surface area contributed by atoms with Crippen LogP contribution in [0.3, 0.4) is 0 Å². The minimum Gasteiger partial charge on any atom is -0.548 e. The average molecular weight is 236 g/mol. The molecule has 1 atom stereocenters. The van der Waals surface area contributed by atoms with Gasteiger partial charge in [-0.1, -0.05) is 30.3 Å². The molecule has 0 bridgehead atoms. The van der Waals surface area contributed by atoms with Gasteiger partial charge in [0.1, 0.15) is 0 Å². The molecule has 1 N–H and O–H groups in total. The van der Waals surface area contributed by atoms with Crippen LogP contribution in [0.1, 0.15) is 10.4 Å². The Hall–Kier alpha value is -1.72. The van der Waals surface area contributed by atoms with Gasteiger partial charge in [-0.3, -0.25) is 10.1 Å². The zero-order valence-electron chi connectivity index (χ0n) is 9.51. The number of carboxylic acids is 1. The van der Waals surface area contributed by atoms with Crippen LogP contribution in [0.5, 0.6) is 0 Å². The smallest absolute Gasteiger partial charge is 0.176 e. The summed E-state index contributed by atoms with van der Waals surface area (Å²) in [6.45, 7) is -0.101. The van der Waals surface area contributed by atoms with Gasteiger partial charge in [0.05, 0.1) is 25.2 Å². The van der Waals surface area contributed by atoms with E-state index in [1.165, 1.54) is 7.11 Å². The van der Waals surface area contributed by atoms with E-state index >= 15 is 0 Å². The fourth-order valence-electron chi connectivity index (χ4n) is 1.32. The molecule has 0 heterocycles. The van der Waals surface area contributed by atoms with Crippen LogP contribution in [-0.4, -0.2) is 38.1 Å². The first-order valence-corrected chi connectivity index (χ1v) is 5.16. The Morgan fingerprint density at radius 2 is 2.00 bits per heavy atom. The number of nitrogens with one attached hydrogen (secondary N) is 1.